The van der Waals surface area contributed by atoms with Crippen LogP contribution in [-0.2, 0) is 25.7 Å². The zero-order valence-corrected chi connectivity index (χ0v) is 19.4. The van der Waals surface area contributed by atoms with Crippen molar-refractivity contribution in [3.8, 4) is 0 Å². The van der Waals surface area contributed by atoms with E-state index in [-0.39, 0.29) is 0 Å². The normalized spacial score (nSPS) is 15.7. The monoisotopic (exact) mass is 428 g/mol. The Morgan fingerprint density at radius 2 is 1.81 bits per heavy atom. The maximum atomic E-state index is 11.1. The van der Waals surface area contributed by atoms with Crippen LogP contribution in [0.15, 0.2) is 17.3 Å². The maximum Gasteiger partial charge on any atom is 0.316 e. The Kier molecular flexibility index (Phi) is 10.0. The van der Waals surface area contributed by atoms with Crippen molar-refractivity contribution in [3.63, 3.8) is 0 Å². The smallest absolute Gasteiger partial charge is 0.316 e. The molecule has 3 rings (SSSR count). The third kappa shape index (κ3) is 7.10. The standard InChI is InChI=1S/C13H16N2O.C12H24N2O/c14-13(16)15-12-10-5-1-3-8(10)7-9-4-2-6-11(9)12;1-4-10(2)7-5-6-8-11(3)12(9-13)14-15/h7H,1-6H2,(H3,14,15,16);9-10,13-15H,4-8H2,1-3H3/b;12-11-,13-9?. The number of hydroxylamine groups is 1. The van der Waals surface area contributed by atoms with E-state index in [4.69, 9.17) is 16.4 Å². The number of urea groups is 1. The third-order valence-electron chi connectivity index (χ3n) is 6.64. The highest BCUT2D eigenvalue weighted by molar-refractivity contribution is 5.90. The zero-order chi connectivity index (χ0) is 22.8. The molecular weight excluding hydrogens is 388 g/mol. The highest BCUT2D eigenvalue weighted by Crippen LogP contribution is 2.38. The summed E-state index contributed by atoms with van der Waals surface area (Å²) in [6.07, 6.45) is 13.9. The third-order valence-corrected chi connectivity index (χ3v) is 6.64. The van der Waals surface area contributed by atoms with Gasteiger partial charge >= 0.3 is 6.03 Å². The largest absolute Gasteiger partial charge is 0.351 e. The highest BCUT2D eigenvalue weighted by atomic mass is 16.5. The lowest BCUT2D eigenvalue weighted by Crippen LogP contribution is -2.21. The van der Waals surface area contributed by atoms with Crippen LogP contribution < -0.4 is 16.5 Å². The summed E-state index contributed by atoms with van der Waals surface area (Å²) in [5.41, 5.74) is 15.4. The Balaban J connectivity index is 0.000000221. The van der Waals surface area contributed by atoms with Crippen LogP contribution in [0.1, 0.15) is 88.0 Å². The average molecular weight is 429 g/mol. The number of hydrogen-bond acceptors (Lipinski definition) is 4. The molecule has 172 valence electrons. The Hall–Kier alpha value is -2.34. The molecule has 2 aliphatic rings. The summed E-state index contributed by atoms with van der Waals surface area (Å²) in [5.74, 6) is 0.812. The van der Waals surface area contributed by atoms with Crippen LogP contribution in [-0.4, -0.2) is 17.5 Å². The predicted molar refractivity (Wildman–Crippen MR) is 128 cm³/mol. The molecule has 0 aromatic heterocycles. The number of hydrogen-bond donors (Lipinski definition) is 5. The van der Waals surface area contributed by atoms with Crippen LogP contribution >= 0.6 is 0 Å². The molecule has 1 aromatic rings. The second kappa shape index (κ2) is 12.5. The number of carbonyl (C=O) groups is 1. The fourth-order valence-electron chi connectivity index (χ4n) is 4.56. The molecule has 0 heterocycles. The Bertz CT molecular complexity index is 769. The summed E-state index contributed by atoms with van der Waals surface area (Å²) in [7, 11) is 0. The van der Waals surface area contributed by atoms with Gasteiger partial charge < -0.3 is 16.5 Å². The number of nitrogens with one attached hydrogen (secondary N) is 3. The van der Waals surface area contributed by atoms with Gasteiger partial charge in [-0.15, -0.1) is 0 Å². The number of fused-ring (bicyclic) bond motifs is 2. The molecule has 31 heavy (non-hydrogen) atoms. The van der Waals surface area contributed by atoms with Gasteiger partial charge in [-0.05, 0) is 92.0 Å². The second-order valence-electron chi connectivity index (χ2n) is 8.93. The molecule has 0 saturated carbocycles. The van der Waals surface area contributed by atoms with E-state index < -0.39 is 6.03 Å². The fraction of sp³-hybridized carbons (Fsp3) is 0.600. The number of aryl methyl sites for hydroxylation is 2. The predicted octanol–water partition coefficient (Wildman–Crippen LogP) is 5.65. The number of allylic oxidation sites excluding steroid dienone is 2. The number of nitrogens with two attached hydrogens (primary N) is 1. The van der Waals surface area contributed by atoms with Crippen molar-refractivity contribution in [2.24, 2.45) is 11.7 Å². The lowest BCUT2D eigenvalue weighted by molar-refractivity contribution is 0.206. The van der Waals surface area contributed by atoms with Crippen LogP contribution in [0, 0.1) is 11.3 Å². The molecule has 1 unspecified atom stereocenters. The average Bonchev–Trinajstić information content (AvgIpc) is 3.41. The first-order chi connectivity index (χ1) is 14.9. The molecule has 6 N–H and O–H groups in total. The minimum atomic E-state index is -0.436. The number of benzene rings is 1. The van der Waals surface area contributed by atoms with Crippen LogP contribution in [0.4, 0.5) is 10.5 Å². The molecule has 6 nitrogen and oxygen atoms in total. The number of primary amides is 1. The molecular formula is C25H40N4O2. The van der Waals surface area contributed by atoms with Crippen molar-refractivity contribution in [1.82, 2.24) is 5.48 Å². The van der Waals surface area contributed by atoms with Crippen molar-refractivity contribution in [2.45, 2.75) is 91.4 Å². The molecule has 1 aromatic carbocycles. The van der Waals surface area contributed by atoms with Gasteiger partial charge in [0.25, 0.3) is 0 Å². The molecule has 0 radical (unpaired) electrons. The lowest BCUT2D eigenvalue weighted by atomic mass is 9.99. The summed E-state index contributed by atoms with van der Waals surface area (Å²) in [5, 5.41) is 18.6. The van der Waals surface area contributed by atoms with Crippen molar-refractivity contribution in [2.75, 3.05) is 5.32 Å². The van der Waals surface area contributed by atoms with Gasteiger partial charge in [-0.2, -0.15) is 0 Å². The Morgan fingerprint density at radius 3 is 2.29 bits per heavy atom. The van der Waals surface area contributed by atoms with Crippen molar-refractivity contribution in [1.29, 1.82) is 5.41 Å². The molecule has 2 aliphatic carbocycles. The Labute approximate surface area is 187 Å². The van der Waals surface area contributed by atoms with Gasteiger partial charge in [0.05, 0.1) is 5.70 Å². The fourth-order valence-corrected chi connectivity index (χ4v) is 4.56. The van der Waals surface area contributed by atoms with Crippen molar-refractivity contribution >= 4 is 17.9 Å². The molecule has 0 fully saturated rings. The molecule has 0 saturated heterocycles. The van der Waals surface area contributed by atoms with Gasteiger partial charge in [0, 0.05) is 11.9 Å². The minimum absolute atomic E-state index is 0.436. The van der Waals surface area contributed by atoms with Gasteiger partial charge in [-0.3, -0.25) is 10.7 Å². The maximum absolute atomic E-state index is 11.1. The van der Waals surface area contributed by atoms with Crippen LogP contribution in [0.2, 0.25) is 0 Å². The molecule has 6 heteroatoms. The van der Waals surface area contributed by atoms with Crippen LogP contribution in [0.25, 0.3) is 0 Å². The van der Waals surface area contributed by atoms with Crippen molar-refractivity contribution in [3.05, 3.63) is 39.6 Å². The zero-order valence-electron chi connectivity index (χ0n) is 19.4. The molecule has 0 spiro atoms. The lowest BCUT2D eigenvalue weighted by Gasteiger charge is -2.14. The molecule has 2 amide bonds. The first-order valence-corrected chi connectivity index (χ1v) is 11.7. The van der Waals surface area contributed by atoms with E-state index in [1.807, 2.05) is 12.4 Å². The van der Waals surface area contributed by atoms with E-state index in [9.17, 15) is 4.79 Å². The molecule has 0 bridgehead atoms. The van der Waals surface area contributed by atoms with Crippen LogP contribution in [0.3, 0.4) is 0 Å². The number of anilines is 1. The van der Waals surface area contributed by atoms with Gasteiger partial charge in [-0.1, -0.05) is 39.2 Å². The van der Waals surface area contributed by atoms with E-state index in [0.717, 1.165) is 61.9 Å². The van der Waals surface area contributed by atoms with Gasteiger partial charge in [0.15, 0.2) is 0 Å². The Morgan fingerprint density at radius 1 is 1.19 bits per heavy atom. The molecule has 1 atom stereocenters. The first-order valence-electron chi connectivity index (χ1n) is 11.7. The number of unbranched alkanes of at least 4 members (excludes halogenated alkanes) is 1. The van der Waals surface area contributed by atoms with Gasteiger partial charge in [0.2, 0.25) is 0 Å². The molecule has 0 aliphatic heterocycles. The highest BCUT2D eigenvalue weighted by Gasteiger charge is 2.24. The summed E-state index contributed by atoms with van der Waals surface area (Å²) in [4.78, 5) is 11.1. The van der Waals surface area contributed by atoms with E-state index >= 15 is 0 Å². The first kappa shape index (κ1) is 24.9. The topological polar surface area (TPSA) is 111 Å². The number of amides is 2. The van der Waals surface area contributed by atoms with E-state index in [1.165, 1.54) is 54.4 Å². The van der Waals surface area contributed by atoms with Gasteiger partial charge in [-0.25, -0.2) is 4.79 Å². The van der Waals surface area contributed by atoms with Crippen LogP contribution in [0.5, 0.6) is 0 Å². The van der Waals surface area contributed by atoms with Gasteiger partial charge in [0.1, 0.15) is 0 Å². The number of carbonyl (C=O) groups excluding carboxylic acids is 1. The van der Waals surface area contributed by atoms with Crippen molar-refractivity contribution < 1.29 is 10.0 Å². The summed E-state index contributed by atoms with van der Waals surface area (Å²) in [6.45, 7) is 6.45. The van der Waals surface area contributed by atoms with E-state index in [2.05, 4.69) is 25.2 Å². The minimum Gasteiger partial charge on any atom is -0.351 e. The SMILES string of the molecule is CCC(C)CCCC/C(C)=C(/C=N)NO.NC(=O)Nc1c2c(cc3c1CCC3)CCC2. The summed E-state index contributed by atoms with van der Waals surface area (Å²) < 4.78 is 0. The second-order valence-corrected chi connectivity index (χ2v) is 8.93. The quantitative estimate of drug-likeness (QED) is 0.199. The van der Waals surface area contributed by atoms with E-state index in [0.29, 0.717) is 5.70 Å². The summed E-state index contributed by atoms with van der Waals surface area (Å²) >= 11 is 0. The van der Waals surface area contributed by atoms with E-state index in [1.54, 1.807) is 0 Å². The number of rotatable bonds is 9. The summed E-state index contributed by atoms with van der Waals surface area (Å²) in [6, 6.07) is 1.91.